The summed E-state index contributed by atoms with van der Waals surface area (Å²) in [6.07, 6.45) is 1.10. The Labute approximate surface area is 122 Å². The van der Waals surface area contributed by atoms with Gasteiger partial charge in [-0.2, -0.15) is 0 Å². The van der Waals surface area contributed by atoms with Crippen LogP contribution < -0.4 is 10.2 Å². The van der Waals surface area contributed by atoms with Crippen LogP contribution in [0.25, 0.3) is 0 Å². The molecule has 2 aromatic carbocycles. The van der Waals surface area contributed by atoms with E-state index >= 15 is 0 Å². The van der Waals surface area contributed by atoms with Crippen molar-refractivity contribution in [1.29, 1.82) is 0 Å². The maximum absolute atomic E-state index is 3.34. The molecule has 0 aliphatic carbocycles. The van der Waals surface area contributed by atoms with Crippen LogP contribution in [0.3, 0.4) is 0 Å². The SMILES string of the molecule is CCC(NC)c1ccc(N(C)c2cccc(C)c2)cc1. The molecule has 0 saturated heterocycles. The highest BCUT2D eigenvalue weighted by Crippen LogP contribution is 2.26. The number of benzene rings is 2. The Morgan fingerprint density at radius 2 is 1.75 bits per heavy atom. The van der Waals surface area contributed by atoms with E-state index in [1.54, 1.807) is 0 Å². The summed E-state index contributed by atoms with van der Waals surface area (Å²) in [4.78, 5) is 2.22. The quantitative estimate of drug-likeness (QED) is 0.862. The van der Waals surface area contributed by atoms with E-state index in [1.165, 1.54) is 22.5 Å². The Bertz CT molecular complexity index is 542. The van der Waals surface area contributed by atoms with Gasteiger partial charge >= 0.3 is 0 Å². The Morgan fingerprint density at radius 3 is 2.30 bits per heavy atom. The van der Waals surface area contributed by atoms with E-state index in [4.69, 9.17) is 0 Å². The van der Waals surface area contributed by atoms with E-state index in [9.17, 15) is 0 Å². The molecule has 1 unspecified atom stereocenters. The molecule has 0 aliphatic rings. The minimum atomic E-state index is 0.438. The molecule has 0 aliphatic heterocycles. The summed E-state index contributed by atoms with van der Waals surface area (Å²) in [5.74, 6) is 0. The number of aryl methyl sites for hydroxylation is 1. The number of rotatable bonds is 5. The average molecular weight is 268 g/mol. The van der Waals surface area contributed by atoms with Crippen LogP contribution in [0, 0.1) is 6.92 Å². The molecule has 0 radical (unpaired) electrons. The van der Waals surface area contributed by atoms with E-state index < -0.39 is 0 Å². The van der Waals surface area contributed by atoms with Crippen LogP contribution in [-0.2, 0) is 0 Å². The maximum Gasteiger partial charge on any atom is 0.0410 e. The fourth-order valence-corrected chi connectivity index (χ4v) is 2.52. The van der Waals surface area contributed by atoms with E-state index in [0.29, 0.717) is 6.04 Å². The topological polar surface area (TPSA) is 15.3 Å². The number of hydrogen-bond donors (Lipinski definition) is 1. The lowest BCUT2D eigenvalue weighted by Crippen LogP contribution is -2.15. The fourth-order valence-electron chi connectivity index (χ4n) is 2.52. The van der Waals surface area contributed by atoms with Gasteiger partial charge in [0, 0.05) is 24.5 Å². The van der Waals surface area contributed by atoms with Crippen LogP contribution in [0.5, 0.6) is 0 Å². The van der Waals surface area contributed by atoms with Crippen molar-refractivity contribution in [3.05, 3.63) is 59.7 Å². The standard InChI is InChI=1S/C18H24N2/c1-5-18(19-3)15-9-11-16(12-10-15)20(4)17-8-6-7-14(2)13-17/h6-13,18-19H,5H2,1-4H3. The molecular weight excluding hydrogens is 244 g/mol. The summed E-state index contributed by atoms with van der Waals surface area (Å²) in [7, 11) is 4.13. The Hall–Kier alpha value is -1.80. The molecule has 2 aromatic rings. The fraction of sp³-hybridized carbons (Fsp3) is 0.333. The van der Waals surface area contributed by atoms with Crippen LogP contribution in [-0.4, -0.2) is 14.1 Å². The molecular formula is C18H24N2. The molecule has 2 heteroatoms. The lowest BCUT2D eigenvalue weighted by Gasteiger charge is -2.21. The van der Waals surface area contributed by atoms with E-state index in [-0.39, 0.29) is 0 Å². The first-order valence-corrected chi connectivity index (χ1v) is 7.23. The predicted molar refractivity (Wildman–Crippen MR) is 87.8 cm³/mol. The van der Waals surface area contributed by atoms with Gasteiger partial charge in [-0.1, -0.05) is 31.2 Å². The van der Waals surface area contributed by atoms with Crippen molar-refractivity contribution >= 4 is 11.4 Å². The second kappa shape index (κ2) is 6.58. The minimum absolute atomic E-state index is 0.438. The summed E-state index contributed by atoms with van der Waals surface area (Å²) in [6, 6.07) is 17.8. The first-order valence-electron chi connectivity index (χ1n) is 7.23. The van der Waals surface area contributed by atoms with Gasteiger partial charge in [-0.25, -0.2) is 0 Å². The molecule has 0 fully saturated rings. The van der Waals surface area contributed by atoms with Crippen molar-refractivity contribution < 1.29 is 0 Å². The maximum atomic E-state index is 3.34. The molecule has 1 N–H and O–H groups in total. The lowest BCUT2D eigenvalue weighted by atomic mass is 10.0. The molecule has 1 atom stereocenters. The molecule has 0 saturated carbocycles. The van der Waals surface area contributed by atoms with Gasteiger partial charge in [0.15, 0.2) is 0 Å². The average Bonchev–Trinajstić information content (AvgIpc) is 2.48. The largest absolute Gasteiger partial charge is 0.345 e. The molecule has 2 rings (SSSR count). The van der Waals surface area contributed by atoms with Gasteiger partial charge in [-0.3, -0.25) is 0 Å². The Kier molecular flexibility index (Phi) is 4.80. The summed E-state index contributed by atoms with van der Waals surface area (Å²) < 4.78 is 0. The van der Waals surface area contributed by atoms with Crippen LogP contribution in [0.2, 0.25) is 0 Å². The van der Waals surface area contributed by atoms with Crippen LogP contribution in [0.1, 0.15) is 30.5 Å². The summed E-state index contributed by atoms with van der Waals surface area (Å²) >= 11 is 0. The highest BCUT2D eigenvalue weighted by Gasteiger charge is 2.08. The third-order valence-corrected chi connectivity index (χ3v) is 3.83. The Balaban J connectivity index is 2.21. The van der Waals surface area contributed by atoms with Crippen molar-refractivity contribution in [2.24, 2.45) is 0 Å². The normalized spacial score (nSPS) is 12.2. The Morgan fingerprint density at radius 1 is 1.05 bits per heavy atom. The molecule has 0 bridgehead atoms. The zero-order chi connectivity index (χ0) is 14.5. The molecule has 0 heterocycles. The summed E-state index contributed by atoms with van der Waals surface area (Å²) in [5, 5.41) is 3.34. The van der Waals surface area contributed by atoms with Crippen molar-refractivity contribution in [1.82, 2.24) is 5.32 Å². The van der Waals surface area contributed by atoms with Crippen molar-refractivity contribution in [3.63, 3.8) is 0 Å². The highest BCUT2D eigenvalue weighted by molar-refractivity contribution is 5.63. The van der Waals surface area contributed by atoms with Crippen LogP contribution >= 0.6 is 0 Å². The van der Waals surface area contributed by atoms with Gasteiger partial charge in [0.1, 0.15) is 0 Å². The minimum Gasteiger partial charge on any atom is -0.345 e. The van der Waals surface area contributed by atoms with Crippen molar-refractivity contribution in [2.75, 3.05) is 19.0 Å². The molecule has 0 amide bonds. The number of nitrogens with one attached hydrogen (secondary N) is 1. The third kappa shape index (κ3) is 3.20. The van der Waals surface area contributed by atoms with E-state index in [1.807, 2.05) is 7.05 Å². The highest BCUT2D eigenvalue weighted by atomic mass is 15.1. The van der Waals surface area contributed by atoms with Crippen molar-refractivity contribution in [3.8, 4) is 0 Å². The van der Waals surface area contributed by atoms with Crippen LogP contribution in [0.15, 0.2) is 48.5 Å². The zero-order valence-corrected chi connectivity index (χ0v) is 12.9. The lowest BCUT2D eigenvalue weighted by molar-refractivity contribution is 0.577. The van der Waals surface area contributed by atoms with Gasteiger partial charge in [-0.05, 0) is 55.8 Å². The molecule has 2 nitrogen and oxygen atoms in total. The monoisotopic (exact) mass is 268 g/mol. The second-order valence-corrected chi connectivity index (χ2v) is 5.24. The van der Waals surface area contributed by atoms with Gasteiger partial charge < -0.3 is 10.2 Å². The molecule has 20 heavy (non-hydrogen) atoms. The smallest absolute Gasteiger partial charge is 0.0410 e. The zero-order valence-electron chi connectivity index (χ0n) is 12.9. The van der Waals surface area contributed by atoms with Gasteiger partial charge in [0.05, 0.1) is 0 Å². The number of nitrogens with zero attached hydrogens (tertiary/aromatic N) is 1. The molecule has 106 valence electrons. The van der Waals surface area contributed by atoms with Gasteiger partial charge in [0.25, 0.3) is 0 Å². The van der Waals surface area contributed by atoms with E-state index in [0.717, 1.165) is 6.42 Å². The van der Waals surface area contributed by atoms with Crippen molar-refractivity contribution in [2.45, 2.75) is 26.3 Å². The predicted octanol–water partition coefficient (Wildman–Crippen LogP) is 4.43. The first-order chi connectivity index (χ1) is 9.65. The number of hydrogen-bond acceptors (Lipinski definition) is 2. The third-order valence-electron chi connectivity index (χ3n) is 3.83. The second-order valence-electron chi connectivity index (χ2n) is 5.24. The number of anilines is 2. The van der Waals surface area contributed by atoms with Crippen LogP contribution in [0.4, 0.5) is 11.4 Å². The molecule has 0 spiro atoms. The molecule has 0 aromatic heterocycles. The summed E-state index contributed by atoms with van der Waals surface area (Å²) in [6.45, 7) is 4.33. The van der Waals surface area contributed by atoms with Gasteiger partial charge in [-0.15, -0.1) is 0 Å². The van der Waals surface area contributed by atoms with E-state index in [2.05, 4.69) is 79.6 Å². The first kappa shape index (κ1) is 14.6. The summed E-state index contributed by atoms with van der Waals surface area (Å²) in [5.41, 5.74) is 5.06. The van der Waals surface area contributed by atoms with Gasteiger partial charge in [0.2, 0.25) is 0 Å².